The van der Waals surface area contributed by atoms with E-state index in [1.165, 1.54) is 11.6 Å². The van der Waals surface area contributed by atoms with Gasteiger partial charge in [0, 0.05) is 12.2 Å². The van der Waals surface area contributed by atoms with Crippen LogP contribution in [0.4, 0.5) is 5.69 Å². The van der Waals surface area contributed by atoms with Gasteiger partial charge >= 0.3 is 0 Å². The number of fused-ring (bicyclic) bond motifs is 1. The van der Waals surface area contributed by atoms with Crippen molar-refractivity contribution in [3.05, 3.63) is 51.3 Å². The summed E-state index contributed by atoms with van der Waals surface area (Å²) in [5.74, 6) is -0.252. The number of nitrogens with one attached hydrogen (secondary N) is 3. The van der Waals surface area contributed by atoms with E-state index in [1.807, 2.05) is 12.1 Å². The van der Waals surface area contributed by atoms with Crippen LogP contribution in [0.1, 0.15) is 21.6 Å². The number of aromatic nitrogens is 1. The first kappa shape index (κ1) is 13.5. The molecule has 104 valence electrons. The van der Waals surface area contributed by atoms with E-state index in [1.54, 1.807) is 0 Å². The molecular weight excluding hydrogens is 297 g/mol. The van der Waals surface area contributed by atoms with Gasteiger partial charge in [-0.3, -0.25) is 4.79 Å². The minimum atomic E-state index is -0.252. The highest BCUT2D eigenvalue weighted by atomic mass is 35.5. The summed E-state index contributed by atoms with van der Waals surface area (Å²) in [6, 6.07) is 7.46. The zero-order valence-electron chi connectivity index (χ0n) is 10.6. The summed E-state index contributed by atoms with van der Waals surface area (Å²) in [7, 11) is 0. The average Bonchev–Trinajstić information content (AvgIpc) is 2.79. The normalized spacial score (nSPS) is 13.9. The van der Waals surface area contributed by atoms with E-state index in [9.17, 15) is 4.79 Å². The molecule has 0 fully saturated rings. The number of halogens is 2. The third-order valence-corrected chi connectivity index (χ3v) is 4.06. The van der Waals surface area contributed by atoms with Gasteiger partial charge in [-0.25, -0.2) is 0 Å². The van der Waals surface area contributed by atoms with Crippen LogP contribution in [-0.2, 0) is 13.0 Å². The molecule has 0 saturated heterocycles. The third-order valence-electron chi connectivity index (χ3n) is 3.36. The molecule has 2 heterocycles. The van der Waals surface area contributed by atoms with Gasteiger partial charge in [-0.05, 0) is 36.2 Å². The largest absolute Gasteiger partial charge is 0.340 e. The molecule has 3 rings (SSSR count). The summed E-state index contributed by atoms with van der Waals surface area (Å²) >= 11 is 11.7. The fraction of sp³-hybridized carbons (Fsp3) is 0.214. The van der Waals surface area contributed by atoms with Gasteiger partial charge in [-0.2, -0.15) is 0 Å². The maximum atomic E-state index is 12.2. The van der Waals surface area contributed by atoms with Gasteiger partial charge < -0.3 is 15.6 Å². The second-order valence-corrected chi connectivity index (χ2v) is 5.45. The molecule has 3 N–H and O–H groups in total. The van der Waals surface area contributed by atoms with Gasteiger partial charge in [0.15, 0.2) is 0 Å². The van der Waals surface area contributed by atoms with Crippen molar-refractivity contribution in [3.8, 4) is 0 Å². The smallest absolute Gasteiger partial charge is 0.272 e. The topological polar surface area (TPSA) is 56.9 Å². The number of rotatable bonds is 2. The molecule has 1 aliphatic rings. The molecule has 0 unspecified atom stereocenters. The van der Waals surface area contributed by atoms with E-state index >= 15 is 0 Å². The van der Waals surface area contributed by atoms with Crippen molar-refractivity contribution in [2.75, 3.05) is 11.9 Å². The molecule has 0 aliphatic carbocycles. The number of carbonyl (C=O) groups is 1. The van der Waals surface area contributed by atoms with Crippen molar-refractivity contribution >= 4 is 34.8 Å². The van der Waals surface area contributed by atoms with Crippen LogP contribution in [0.3, 0.4) is 0 Å². The molecular formula is C14H13Cl2N3O. The Bertz CT molecular complexity index is 647. The zero-order valence-corrected chi connectivity index (χ0v) is 12.1. The molecule has 0 bridgehead atoms. The van der Waals surface area contributed by atoms with Crippen molar-refractivity contribution in [3.63, 3.8) is 0 Å². The molecule has 0 radical (unpaired) electrons. The summed E-state index contributed by atoms with van der Waals surface area (Å²) in [6.45, 7) is 1.73. The number of hydrogen-bond donors (Lipinski definition) is 3. The van der Waals surface area contributed by atoms with Crippen LogP contribution in [0.15, 0.2) is 24.3 Å². The molecule has 2 aromatic rings. The lowest BCUT2D eigenvalue weighted by atomic mass is 9.99. The number of benzene rings is 1. The van der Waals surface area contributed by atoms with Crippen molar-refractivity contribution in [1.29, 1.82) is 0 Å². The second kappa shape index (κ2) is 5.48. The SMILES string of the molecule is O=C(Nc1cccc2c1CNCC2)c1cc(Cl)c(Cl)[nH]1. The van der Waals surface area contributed by atoms with Gasteiger partial charge in [0.1, 0.15) is 10.8 Å². The molecule has 0 saturated carbocycles. The Hall–Kier alpha value is -1.49. The molecule has 1 aliphatic heterocycles. The van der Waals surface area contributed by atoms with Crippen molar-refractivity contribution in [2.24, 2.45) is 0 Å². The van der Waals surface area contributed by atoms with Crippen LogP contribution in [0.2, 0.25) is 10.2 Å². The summed E-state index contributed by atoms with van der Waals surface area (Å²) in [4.78, 5) is 14.9. The maximum Gasteiger partial charge on any atom is 0.272 e. The Labute approximate surface area is 126 Å². The Balaban J connectivity index is 1.86. The summed E-state index contributed by atoms with van der Waals surface area (Å²) in [5, 5.41) is 6.82. The van der Waals surface area contributed by atoms with Gasteiger partial charge in [-0.15, -0.1) is 0 Å². The summed E-state index contributed by atoms with van der Waals surface area (Å²) < 4.78 is 0. The van der Waals surface area contributed by atoms with Gasteiger partial charge in [0.25, 0.3) is 5.91 Å². The molecule has 1 amide bonds. The minimum Gasteiger partial charge on any atom is -0.340 e. The van der Waals surface area contributed by atoms with Crippen LogP contribution in [0, 0.1) is 0 Å². The Kier molecular flexibility index (Phi) is 3.70. The zero-order chi connectivity index (χ0) is 14.1. The lowest BCUT2D eigenvalue weighted by Crippen LogP contribution is -2.25. The summed E-state index contributed by atoms with van der Waals surface area (Å²) in [5.41, 5.74) is 3.57. The van der Waals surface area contributed by atoms with Gasteiger partial charge in [0.2, 0.25) is 0 Å². The van der Waals surface area contributed by atoms with Crippen molar-refractivity contribution < 1.29 is 4.79 Å². The third kappa shape index (κ3) is 2.54. The van der Waals surface area contributed by atoms with Crippen LogP contribution in [-0.4, -0.2) is 17.4 Å². The van der Waals surface area contributed by atoms with Crippen LogP contribution >= 0.6 is 23.2 Å². The van der Waals surface area contributed by atoms with E-state index < -0.39 is 0 Å². The minimum absolute atomic E-state index is 0.252. The molecule has 20 heavy (non-hydrogen) atoms. The molecule has 0 spiro atoms. The highest BCUT2D eigenvalue weighted by Crippen LogP contribution is 2.25. The van der Waals surface area contributed by atoms with Gasteiger partial charge in [-0.1, -0.05) is 35.3 Å². The average molecular weight is 310 g/mol. The number of carbonyl (C=O) groups excluding carboxylic acids is 1. The first-order valence-electron chi connectivity index (χ1n) is 6.32. The fourth-order valence-corrected chi connectivity index (χ4v) is 2.66. The molecule has 4 nitrogen and oxygen atoms in total. The predicted molar refractivity (Wildman–Crippen MR) is 80.6 cm³/mol. The number of H-pyrrole nitrogens is 1. The first-order chi connectivity index (χ1) is 9.65. The van der Waals surface area contributed by atoms with E-state index in [0.717, 1.165) is 30.8 Å². The number of amides is 1. The molecule has 6 heteroatoms. The van der Waals surface area contributed by atoms with E-state index in [0.29, 0.717) is 10.7 Å². The fourth-order valence-electron chi connectivity index (χ4n) is 2.35. The Morgan fingerprint density at radius 2 is 2.15 bits per heavy atom. The van der Waals surface area contributed by atoms with E-state index in [2.05, 4.69) is 21.7 Å². The van der Waals surface area contributed by atoms with Crippen molar-refractivity contribution in [1.82, 2.24) is 10.3 Å². The number of anilines is 1. The number of aromatic amines is 1. The monoisotopic (exact) mass is 309 g/mol. The highest BCUT2D eigenvalue weighted by molar-refractivity contribution is 6.41. The Morgan fingerprint density at radius 3 is 2.90 bits per heavy atom. The van der Waals surface area contributed by atoms with E-state index in [-0.39, 0.29) is 11.1 Å². The van der Waals surface area contributed by atoms with E-state index in [4.69, 9.17) is 23.2 Å². The van der Waals surface area contributed by atoms with Crippen molar-refractivity contribution in [2.45, 2.75) is 13.0 Å². The molecule has 1 aromatic carbocycles. The lowest BCUT2D eigenvalue weighted by Gasteiger charge is -2.20. The van der Waals surface area contributed by atoms with Crippen LogP contribution in [0.5, 0.6) is 0 Å². The molecule has 0 atom stereocenters. The summed E-state index contributed by atoms with van der Waals surface area (Å²) in [6.07, 6.45) is 0.971. The number of hydrogen-bond acceptors (Lipinski definition) is 2. The molecule has 1 aromatic heterocycles. The lowest BCUT2D eigenvalue weighted by molar-refractivity contribution is 0.102. The van der Waals surface area contributed by atoms with Crippen LogP contribution in [0.25, 0.3) is 0 Å². The standard InChI is InChI=1S/C14H13Cl2N3O/c15-10-6-12(18-13(10)16)14(20)19-11-3-1-2-8-4-5-17-7-9(8)11/h1-3,6,17-18H,4-5,7H2,(H,19,20). The second-order valence-electron chi connectivity index (χ2n) is 4.67. The Morgan fingerprint density at radius 1 is 1.30 bits per heavy atom. The first-order valence-corrected chi connectivity index (χ1v) is 7.07. The quantitative estimate of drug-likeness (QED) is 0.798. The predicted octanol–water partition coefficient (Wildman–Crippen LogP) is 3.22. The maximum absolute atomic E-state index is 12.2. The van der Waals surface area contributed by atoms with Gasteiger partial charge in [0.05, 0.1) is 5.02 Å². The highest BCUT2D eigenvalue weighted by Gasteiger charge is 2.16. The van der Waals surface area contributed by atoms with Crippen LogP contribution < -0.4 is 10.6 Å².